The maximum Gasteiger partial charge on any atom is 0.346 e. The molecule has 1 aliphatic rings. The molecule has 4 rings (SSSR count). The van der Waals surface area contributed by atoms with Crippen molar-refractivity contribution in [3.63, 3.8) is 0 Å². The van der Waals surface area contributed by atoms with Crippen LogP contribution in [0.25, 0.3) is 11.1 Å². The minimum atomic E-state index is -1.06. The molecule has 0 unspecified atom stereocenters. The number of fused-ring (bicyclic) bond motifs is 1. The maximum absolute atomic E-state index is 13.3. The van der Waals surface area contributed by atoms with Crippen molar-refractivity contribution in [1.82, 2.24) is 0 Å². The van der Waals surface area contributed by atoms with Gasteiger partial charge >= 0.3 is 5.97 Å². The van der Waals surface area contributed by atoms with Crippen LogP contribution in [0, 0.1) is 5.82 Å². The van der Waals surface area contributed by atoms with Crippen LogP contribution in [0.4, 0.5) is 10.1 Å². The Bertz CT molecular complexity index is 961. The molecule has 4 nitrogen and oxygen atoms in total. The van der Waals surface area contributed by atoms with Crippen molar-refractivity contribution in [3.8, 4) is 11.1 Å². The SMILES string of the molecule is O=C1C[C@@H](c2ccsc2)c2sc(C(=O)O)c(-c3ccc(F)cc3)c2N1. The summed E-state index contributed by atoms with van der Waals surface area (Å²) < 4.78 is 13.3. The first-order valence-corrected chi connectivity index (χ1v) is 9.28. The molecule has 3 heterocycles. The van der Waals surface area contributed by atoms with Crippen LogP contribution in [0.5, 0.6) is 0 Å². The Morgan fingerprint density at radius 2 is 2.00 bits per heavy atom. The van der Waals surface area contributed by atoms with Crippen LogP contribution >= 0.6 is 22.7 Å². The zero-order chi connectivity index (χ0) is 17.6. The van der Waals surface area contributed by atoms with E-state index in [0.717, 1.165) is 10.4 Å². The first-order chi connectivity index (χ1) is 12.0. The van der Waals surface area contributed by atoms with Crippen molar-refractivity contribution in [2.24, 2.45) is 0 Å². The quantitative estimate of drug-likeness (QED) is 0.694. The summed E-state index contributed by atoms with van der Waals surface area (Å²) in [4.78, 5) is 25.0. The lowest BCUT2D eigenvalue weighted by Crippen LogP contribution is -2.22. The van der Waals surface area contributed by atoms with Crippen LogP contribution in [0.15, 0.2) is 41.1 Å². The van der Waals surface area contributed by atoms with Crippen LogP contribution in [0.2, 0.25) is 0 Å². The number of nitrogens with one attached hydrogen (secondary N) is 1. The van der Waals surface area contributed by atoms with Crippen molar-refractivity contribution in [1.29, 1.82) is 0 Å². The van der Waals surface area contributed by atoms with Crippen molar-refractivity contribution in [2.75, 3.05) is 5.32 Å². The van der Waals surface area contributed by atoms with Gasteiger partial charge in [0.05, 0.1) is 5.69 Å². The molecule has 1 aromatic carbocycles. The number of amides is 1. The predicted octanol–water partition coefficient (Wildman–Crippen LogP) is 4.79. The molecular formula is C18H12FNO3S2. The minimum Gasteiger partial charge on any atom is -0.477 e. The van der Waals surface area contributed by atoms with Gasteiger partial charge in [0.15, 0.2) is 0 Å². The summed E-state index contributed by atoms with van der Waals surface area (Å²) >= 11 is 2.71. The summed E-state index contributed by atoms with van der Waals surface area (Å²) in [5, 5.41) is 16.4. The highest BCUT2D eigenvalue weighted by Gasteiger charge is 2.34. The van der Waals surface area contributed by atoms with Gasteiger partial charge < -0.3 is 10.4 Å². The second kappa shape index (κ2) is 6.09. The molecular weight excluding hydrogens is 361 g/mol. The topological polar surface area (TPSA) is 66.4 Å². The second-order valence-electron chi connectivity index (χ2n) is 5.72. The second-order valence-corrected chi connectivity index (χ2v) is 7.55. The third kappa shape index (κ3) is 2.75. The predicted molar refractivity (Wildman–Crippen MR) is 96.1 cm³/mol. The number of rotatable bonds is 3. The van der Waals surface area contributed by atoms with Gasteiger partial charge in [0, 0.05) is 22.8 Å². The van der Waals surface area contributed by atoms with E-state index in [2.05, 4.69) is 5.32 Å². The lowest BCUT2D eigenvalue weighted by atomic mass is 9.90. The molecule has 2 N–H and O–H groups in total. The van der Waals surface area contributed by atoms with Crippen LogP contribution in [0.3, 0.4) is 0 Å². The molecule has 3 aromatic rings. The Morgan fingerprint density at radius 1 is 1.24 bits per heavy atom. The van der Waals surface area contributed by atoms with E-state index in [1.54, 1.807) is 0 Å². The number of hydrogen-bond donors (Lipinski definition) is 2. The van der Waals surface area contributed by atoms with Gasteiger partial charge in [-0.05, 0) is 40.1 Å². The van der Waals surface area contributed by atoms with Crippen LogP contribution in [-0.4, -0.2) is 17.0 Å². The van der Waals surface area contributed by atoms with Crippen molar-refractivity contribution in [2.45, 2.75) is 12.3 Å². The molecule has 0 fully saturated rings. The zero-order valence-electron chi connectivity index (χ0n) is 12.8. The average Bonchev–Trinajstić information content (AvgIpc) is 3.22. The number of anilines is 1. The van der Waals surface area contributed by atoms with Crippen LogP contribution in [0.1, 0.15) is 32.5 Å². The van der Waals surface area contributed by atoms with Gasteiger partial charge in [0.25, 0.3) is 0 Å². The Kier molecular flexibility index (Phi) is 3.89. The summed E-state index contributed by atoms with van der Waals surface area (Å²) in [5.41, 5.74) is 2.55. The van der Waals surface area contributed by atoms with Gasteiger partial charge in [-0.1, -0.05) is 12.1 Å². The molecule has 7 heteroatoms. The van der Waals surface area contributed by atoms with Gasteiger partial charge in [-0.15, -0.1) is 11.3 Å². The van der Waals surface area contributed by atoms with E-state index in [9.17, 15) is 19.1 Å². The average molecular weight is 373 g/mol. The number of halogens is 1. The summed E-state index contributed by atoms with van der Waals surface area (Å²) in [5.74, 6) is -1.77. The molecule has 0 radical (unpaired) electrons. The number of carboxylic acid groups (broad SMARTS) is 1. The molecule has 0 saturated carbocycles. The molecule has 0 spiro atoms. The summed E-state index contributed by atoms with van der Waals surface area (Å²) in [6, 6.07) is 7.59. The van der Waals surface area contributed by atoms with E-state index in [4.69, 9.17) is 0 Å². The highest BCUT2D eigenvalue weighted by molar-refractivity contribution is 7.15. The van der Waals surface area contributed by atoms with Crippen LogP contribution in [-0.2, 0) is 4.79 Å². The summed E-state index contributed by atoms with van der Waals surface area (Å²) in [6.45, 7) is 0. The molecule has 126 valence electrons. The Morgan fingerprint density at radius 3 is 2.64 bits per heavy atom. The largest absolute Gasteiger partial charge is 0.477 e. The first-order valence-electron chi connectivity index (χ1n) is 7.52. The lowest BCUT2D eigenvalue weighted by Gasteiger charge is -2.23. The first kappa shape index (κ1) is 16.0. The van der Waals surface area contributed by atoms with Gasteiger partial charge in [-0.2, -0.15) is 11.3 Å². The molecule has 1 aliphatic heterocycles. The Labute approximate surface area is 150 Å². The number of hydrogen-bond acceptors (Lipinski definition) is 4. The maximum atomic E-state index is 13.3. The fourth-order valence-corrected chi connectivity index (χ4v) is 5.03. The van der Waals surface area contributed by atoms with Crippen molar-refractivity contribution >= 4 is 40.2 Å². The lowest BCUT2D eigenvalue weighted by molar-refractivity contribution is -0.116. The standard InChI is InChI=1S/C18H12FNO3S2/c19-11-3-1-9(2-4-11)14-15-16(25-17(14)18(22)23)12(7-13(21)20-15)10-5-6-24-8-10/h1-6,8,12H,7H2,(H,20,21)(H,22,23)/t12-/m0/s1. The number of benzene rings is 1. The fraction of sp³-hybridized carbons (Fsp3) is 0.111. The van der Waals surface area contributed by atoms with Gasteiger partial charge in [-0.3, -0.25) is 4.79 Å². The van der Waals surface area contributed by atoms with Gasteiger partial charge in [-0.25, -0.2) is 9.18 Å². The van der Waals surface area contributed by atoms with Crippen LogP contribution < -0.4 is 5.32 Å². The van der Waals surface area contributed by atoms with E-state index in [-0.39, 0.29) is 23.1 Å². The van der Waals surface area contributed by atoms with E-state index in [1.165, 1.54) is 46.9 Å². The van der Waals surface area contributed by atoms with Gasteiger partial charge in [0.1, 0.15) is 10.7 Å². The molecule has 25 heavy (non-hydrogen) atoms. The molecule has 1 atom stereocenters. The smallest absolute Gasteiger partial charge is 0.346 e. The van der Waals surface area contributed by atoms with E-state index < -0.39 is 11.8 Å². The number of aromatic carboxylic acids is 1. The number of thiophene rings is 2. The third-order valence-corrected chi connectivity index (χ3v) is 6.17. The molecule has 2 aromatic heterocycles. The number of carbonyl (C=O) groups is 2. The minimum absolute atomic E-state index is 0.151. The van der Waals surface area contributed by atoms with E-state index >= 15 is 0 Å². The summed E-state index contributed by atoms with van der Waals surface area (Å²) in [6.07, 6.45) is 0.284. The normalized spacial score (nSPS) is 16.4. The highest BCUT2D eigenvalue weighted by Crippen LogP contribution is 2.49. The highest BCUT2D eigenvalue weighted by atomic mass is 32.1. The third-order valence-electron chi connectivity index (χ3n) is 4.18. The number of carboxylic acids is 1. The van der Waals surface area contributed by atoms with E-state index in [0.29, 0.717) is 16.8 Å². The molecule has 0 aliphatic carbocycles. The number of carbonyl (C=O) groups excluding carboxylic acids is 1. The Hall–Kier alpha value is -2.51. The van der Waals surface area contributed by atoms with Gasteiger partial charge in [0.2, 0.25) is 5.91 Å². The molecule has 0 bridgehead atoms. The monoisotopic (exact) mass is 373 g/mol. The van der Waals surface area contributed by atoms with Crippen molar-refractivity contribution in [3.05, 3.63) is 62.2 Å². The fourth-order valence-electron chi connectivity index (χ4n) is 3.07. The summed E-state index contributed by atoms with van der Waals surface area (Å²) in [7, 11) is 0. The van der Waals surface area contributed by atoms with Crippen molar-refractivity contribution < 1.29 is 19.1 Å². The zero-order valence-corrected chi connectivity index (χ0v) is 14.4. The Balaban J connectivity index is 1.95. The molecule has 0 saturated heterocycles. The van der Waals surface area contributed by atoms with E-state index in [1.807, 2.05) is 16.8 Å². The molecule has 1 amide bonds.